The number of hydrogen-bond acceptors (Lipinski definition) is 6. The molecule has 0 spiro atoms. The molecule has 0 bridgehead atoms. The zero-order valence-electron chi connectivity index (χ0n) is 15.4. The van der Waals surface area contributed by atoms with Crippen molar-refractivity contribution in [3.63, 3.8) is 0 Å². The number of nitrogens with zero attached hydrogens (tertiary/aromatic N) is 5. The van der Waals surface area contributed by atoms with Gasteiger partial charge in [0.1, 0.15) is 11.3 Å². The van der Waals surface area contributed by atoms with Gasteiger partial charge in [0.05, 0.1) is 29.4 Å². The van der Waals surface area contributed by atoms with Crippen LogP contribution >= 0.6 is 11.3 Å². The summed E-state index contributed by atoms with van der Waals surface area (Å²) in [5, 5.41) is 21.1. The Labute approximate surface area is 151 Å². The molecule has 1 saturated heterocycles. The highest BCUT2D eigenvalue weighted by Crippen LogP contribution is 2.27. The minimum absolute atomic E-state index is 0.0130. The third-order valence-electron chi connectivity index (χ3n) is 4.25. The van der Waals surface area contributed by atoms with E-state index in [1.165, 1.54) is 0 Å². The summed E-state index contributed by atoms with van der Waals surface area (Å²) in [6, 6.07) is 0.119. The molecule has 3 rings (SSSR count). The lowest BCUT2D eigenvalue weighted by Crippen LogP contribution is -2.51. The summed E-state index contributed by atoms with van der Waals surface area (Å²) in [6.45, 7) is 11.0. The molecule has 8 heteroatoms. The van der Waals surface area contributed by atoms with Crippen molar-refractivity contribution < 1.29 is 9.90 Å². The SMILES string of the molecule is CC(C)(C)c1nc(CC(=O)N2CC(n3cc(C(C)(C)O)nn3)C2)cs1. The quantitative estimate of drug-likeness (QED) is 0.897. The highest BCUT2D eigenvalue weighted by atomic mass is 32.1. The zero-order chi connectivity index (χ0) is 18.4. The molecule has 0 unspecified atom stereocenters. The van der Waals surface area contributed by atoms with Crippen molar-refractivity contribution >= 4 is 17.2 Å². The van der Waals surface area contributed by atoms with E-state index < -0.39 is 5.60 Å². The highest BCUT2D eigenvalue weighted by molar-refractivity contribution is 7.09. The number of aliphatic hydroxyl groups is 1. The molecule has 0 radical (unpaired) electrons. The maximum Gasteiger partial charge on any atom is 0.228 e. The predicted octanol–water partition coefficient (Wildman–Crippen LogP) is 1.89. The van der Waals surface area contributed by atoms with E-state index in [0.717, 1.165) is 10.7 Å². The molecule has 1 amide bonds. The van der Waals surface area contributed by atoms with Crippen molar-refractivity contribution in [2.24, 2.45) is 0 Å². The van der Waals surface area contributed by atoms with Gasteiger partial charge in [0.2, 0.25) is 5.91 Å². The van der Waals surface area contributed by atoms with Gasteiger partial charge in [0, 0.05) is 23.9 Å². The lowest BCUT2D eigenvalue weighted by atomic mass is 9.98. The summed E-state index contributed by atoms with van der Waals surface area (Å²) >= 11 is 1.61. The number of thiazole rings is 1. The maximum absolute atomic E-state index is 12.4. The first kappa shape index (κ1) is 18.0. The number of amides is 1. The van der Waals surface area contributed by atoms with Crippen LogP contribution in [-0.2, 0) is 22.2 Å². The van der Waals surface area contributed by atoms with Gasteiger partial charge in [0.15, 0.2) is 0 Å². The topological polar surface area (TPSA) is 84.1 Å². The normalized spacial score (nSPS) is 16.2. The Balaban J connectivity index is 1.55. The fourth-order valence-corrected chi connectivity index (χ4v) is 3.47. The first-order chi connectivity index (χ1) is 11.5. The van der Waals surface area contributed by atoms with Gasteiger partial charge in [-0.1, -0.05) is 26.0 Å². The lowest BCUT2D eigenvalue weighted by Gasteiger charge is -2.38. The largest absolute Gasteiger partial charge is 0.384 e. The summed E-state index contributed by atoms with van der Waals surface area (Å²) in [6.07, 6.45) is 2.09. The molecule has 7 nitrogen and oxygen atoms in total. The third kappa shape index (κ3) is 3.90. The number of rotatable bonds is 4. The van der Waals surface area contributed by atoms with Crippen molar-refractivity contribution in [1.29, 1.82) is 0 Å². The Kier molecular flexibility index (Phi) is 4.45. The zero-order valence-corrected chi connectivity index (χ0v) is 16.2. The van der Waals surface area contributed by atoms with Crippen LogP contribution in [0, 0.1) is 0 Å². The van der Waals surface area contributed by atoms with Gasteiger partial charge in [-0.05, 0) is 13.8 Å². The van der Waals surface area contributed by atoms with E-state index >= 15 is 0 Å². The molecule has 136 valence electrons. The molecule has 0 aliphatic carbocycles. The van der Waals surface area contributed by atoms with Crippen LogP contribution < -0.4 is 0 Å². The molecule has 1 aliphatic rings. The first-order valence-corrected chi connectivity index (χ1v) is 9.29. The van der Waals surface area contributed by atoms with Crippen molar-refractivity contribution in [3.8, 4) is 0 Å². The molecule has 2 aromatic heterocycles. The Hall–Kier alpha value is -1.80. The van der Waals surface area contributed by atoms with Crippen LogP contribution in [0.3, 0.4) is 0 Å². The minimum atomic E-state index is -1.01. The Morgan fingerprint density at radius 2 is 2.00 bits per heavy atom. The summed E-state index contributed by atoms with van der Waals surface area (Å²) in [4.78, 5) is 18.8. The van der Waals surface area contributed by atoms with Gasteiger partial charge < -0.3 is 10.0 Å². The summed E-state index contributed by atoms with van der Waals surface area (Å²) < 4.78 is 1.73. The van der Waals surface area contributed by atoms with E-state index in [9.17, 15) is 9.90 Å². The molecular formula is C17H25N5O2S. The molecule has 0 aromatic carbocycles. The molecular weight excluding hydrogens is 338 g/mol. The third-order valence-corrected chi connectivity index (χ3v) is 5.57. The highest BCUT2D eigenvalue weighted by Gasteiger charge is 2.34. The van der Waals surface area contributed by atoms with Gasteiger partial charge >= 0.3 is 0 Å². The molecule has 1 fully saturated rings. The number of likely N-dealkylation sites (tertiary alicyclic amines) is 1. The van der Waals surface area contributed by atoms with Crippen molar-refractivity contribution in [3.05, 3.63) is 28.0 Å². The van der Waals surface area contributed by atoms with Gasteiger partial charge in [-0.25, -0.2) is 9.67 Å². The smallest absolute Gasteiger partial charge is 0.228 e. The predicted molar refractivity (Wildman–Crippen MR) is 95.4 cm³/mol. The number of aromatic nitrogens is 4. The average Bonchev–Trinajstić information content (AvgIpc) is 3.04. The number of hydrogen-bond donors (Lipinski definition) is 1. The van der Waals surface area contributed by atoms with Crippen LogP contribution in [0.25, 0.3) is 0 Å². The number of carbonyl (C=O) groups excluding carboxylic acids is 1. The first-order valence-electron chi connectivity index (χ1n) is 8.41. The second kappa shape index (κ2) is 6.17. The second-order valence-corrected chi connectivity index (χ2v) is 9.02. The van der Waals surface area contributed by atoms with Gasteiger partial charge in [-0.2, -0.15) is 0 Å². The molecule has 1 N–H and O–H groups in total. The van der Waals surface area contributed by atoms with Crippen molar-refractivity contribution in [1.82, 2.24) is 24.9 Å². The van der Waals surface area contributed by atoms with E-state index in [4.69, 9.17) is 0 Å². The van der Waals surface area contributed by atoms with E-state index in [0.29, 0.717) is 25.2 Å². The molecule has 2 aromatic rings. The van der Waals surface area contributed by atoms with Crippen LogP contribution in [0.5, 0.6) is 0 Å². The Morgan fingerprint density at radius 3 is 2.52 bits per heavy atom. The number of carbonyl (C=O) groups is 1. The van der Waals surface area contributed by atoms with Crippen molar-refractivity contribution in [2.45, 2.75) is 58.1 Å². The fraction of sp³-hybridized carbons (Fsp3) is 0.647. The maximum atomic E-state index is 12.4. The second-order valence-electron chi connectivity index (χ2n) is 8.17. The van der Waals surface area contributed by atoms with Gasteiger partial charge in [0.25, 0.3) is 0 Å². The van der Waals surface area contributed by atoms with E-state index in [-0.39, 0.29) is 17.4 Å². The van der Waals surface area contributed by atoms with Crippen LogP contribution in [0.2, 0.25) is 0 Å². The van der Waals surface area contributed by atoms with Crippen molar-refractivity contribution in [2.75, 3.05) is 13.1 Å². The summed E-state index contributed by atoms with van der Waals surface area (Å²) in [5.74, 6) is 0.0878. The van der Waals surface area contributed by atoms with Crippen LogP contribution in [0.4, 0.5) is 0 Å². The lowest BCUT2D eigenvalue weighted by molar-refractivity contribution is -0.136. The van der Waals surface area contributed by atoms with E-state index in [1.54, 1.807) is 36.1 Å². The van der Waals surface area contributed by atoms with Gasteiger partial charge in [-0.15, -0.1) is 16.4 Å². The minimum Gasteiger partial charge on any atom is -0.384 e. The Bertz CT molecular complexity index is 763. The standard InChI is InChI=1S/C17H25N5O2S/c1-16(2,3)15-18-11(10-25-15)6-14(23)21-7-12(8-21)22-9-13(19-20-22)17(4,5)24/h9-10,12,24H,6-8H2,1-5H3. The molecule has 0 atom stereocenters. The van der Waals surface area contributed by atoms with Crippen LogP contribution in [-0.4, -0.2) is 49.0 Å². The van der Waals surface area contributed by atoms with Crippen LogP contribution in [0.15, 0.2) is 11.6 Å². The van der Waals surface area contributed by atoms with Gasteiger partial charge in [-0.3, -0.25) is 4.79 Å². The molecule has 0 saturated carbocycles. The molecule has 25 heavy (non-hydrogen) atoms. The summed E-state index contributed by atoms with van der Waals surface area (Å²) in [7, 11) is 0. The molecule has 3 heterocycles. The van der Waals surface area contributed by atoms with Crippen LogP contribution in [0.1, 0.15) is 57.1 Å². The average molecular weight is 363 g/mol. The Morgan fingerprint density at radius 1 is 1.32 bits per heavy atom. The van der Waals surface area contributed by atoms with E-state index in [1.807, 2.05) is 10.3 Å². The molecule has 1 aliphatic heterocycles. The fourth-order valence-electron chi connectivity index (χ4n) is 2.56. The van der Waals surface area contributed by atoms with E-state index in [2.05, 4.69) is 36.1 Å². The monoisotopic (exact) mass is 363 g/mol. The summed E-state index contributed by atoms with van der Waals surface area (Å²) in [5.41, 5.74) is 0.384.